The fourth-order valence-electron chi connectivity index (χ4n) is 2.94. The van der Waals surface area contributed by atoms with E-state index < -0.39 is 0 Å². The number of carbonyl (C=O) groups is 1. The molecule has 1 fully saturated rings. The van der Waals surface area contributed by atoms with E-state index in [4.69, 9.17) is 5.73 Å². The monoisotopic (exact) mass is 240 g/mol. The highest BCUT2D eigenvalue weighted by Crippen LogP contribution is 2.23. The summed E-state index contributed by atoms with van der Waals surface area (Å²) in [4.78, 5) is 12.2. The van der Waals surface area contributed by atoms with Crippen molar-refractivity contribution in [2.75, 3.05) is 0 Å². The second-order valence-electron chi connectivity index (χ2n) is 6.13. The Hall–Kier alpha value is -0.570. The lowest BCUT2D eigenvalue weighted by Gasteiger charge is -2.30. The quantitative estimate of drug-likeness (QED) is 0.792. The van der Waals surface area contributed by atoms with E-state index in [1.807, 2.05) is 0 Å². The minimum Gasteiger partial charge on any atom is -0.353 e. The van der Waals surface area contributed by atoms with E-state index in [0.29, 0.717) is 23.9 Å². The predicted octanol–water partition coefficient (Wildman–Crippen LogP) is 2.30. The smallest absolute Gasteiger partial charge is 0.223 e. The zero-order valence-corrected chi connectivity index (χ0v) is 11.7. The first-order valence-corrected chi connectivity index (χ1v) is 6.97. The largest absolute Gasteiger partial charge is 0.353 e. The Morgan fingerprint density at radius 3 is 1.94 bits per heavy atom. The Kier molecular flexibility index (Phi) is 5.44. The number of nitrogens with two attached hydrogens (primary N) is 1. The predicted molar refractivity (Wildman–Crippen MR) is 71.5 cm³/mol. The maximum absolute atomic E-state index is 12.2. The van der Waals surface area contributed by atoms with Gasteiger partial charge in [0.25, 0.3) is 0 Å². The number of amides is 1. The van der Waals surface area contributed by atoms with Gasteiger partial charge in [0.05, 0.1) is 0 Å². The van der Waals surface area contributed by atoms with Gasteiger partial charge in [0.15, 0.2) is 0 Å². The molecule has 3 nitrogen and oxygen atoms in total. The van der Waals surface area contributed by atoms with Crippen molar-refractivity contribution in [3.63, 3.8) is 0 Å². The zero-order chi connectivity index (χ0) is 13.0. The molecule has 17 heavy (non-hydrogen) atoms. The summed E-state index contributed by atoms with van der Waals surface area (Å²) in [5.74, 6) is 1.17. The topological polar surface area (TPSA) is 55.1 Å². The van der Waals surface area contributed by atoms with Crippen molar-refractivity contribution in [2.24, 2.45) is 23.5 Å². The Labute approximate surface area is 106 Å². The molecule has 0 saturated heterocycles. The van der Waals surface area contributed by atoms with Crippen LogP contribution in [0, 0.1) is 17.8 Å². The summed E-state index contributed by atoms with van der Waals surface area (Å²) in [5.41, 5.74) is 5.87. The van der Waals surface area contributed by atoms with Crippen molar-refractivity contribution < 1.29 is 4.79 Å². The van der Waals surface area contributed by atoms with Gasteiger partial charge in [-0.25, -0.2) is 0 Å². The van der Waals surface area contributed by atoms with Gasteiger partial charge < -0.3 is 11.1 Å². The summed E-state index contributed by atoms with van der Waals surface area (Å²) in [7, 11) is 0. The van der Waals surface area contributed by atoms with Crippen LogP contribution < -0.4 is 11.1 Å². The minimum atomic E-state index is 0.130. The van der Waals surface area contributed by atoms with Gasteiger partial charge in [-0.15, -0.1) is 0 Å². The molecule has 1 aliphatic carbocycles. The van der Waals surface area contributed by atoms with Crippen LogP contribution in [0.15, 0.2) is 0 Å². The third-order valence-electron chi connectivity index (χ3n) is 3.86. The van der Waals surface area contributed by atoms with Crippen molar-refractivity contribution in [3.8, 4) is 0 Å². The van der Waals surface area contributed by atoms with Gasteiger partial charge in [0.2, 0.25) is 5.91 Å². The fraction of sp³-hybridized carbons (Fsp3) is 0.929. The molecule has 0 bridgehead atoms. The van der Waals surface area contributed by atoms with E-state index >= 15 is 0 Å². The minimum absolute atomic E-state index is 0.130. The molecule has 0 aromatic carbocycles. The van der Waals surface area contributed by atoms with Gasteiger partial charge in [-0.3, -0.25) is 4.79 Å². The van der Waals surface area contributed by atoms with E-state index in [1.54, 1.807) is 0 Å². The first kappa shape index (κ1) is 14.5. The van der Waals surface area contributed by atoms with Crippen LogP contribution in [0.1, 0.15) is 53.4 Å². The first-order chi connectivity index (χ1) is 7.91. The highest BCUT2D eigenvalue weighted by Gasteiger charge is 2.28. The van der Waals surface area contributed by atoms with Crippen LogP contribution in [0.4, 0.5) is 0 Å². The zero-order valence-electron chi connectivity index (χ0n) is 11.7. The lowest BCUT2D eigenvalue weighted by molar-refractivity contribution is -0.128. The third kappa shape index (κ3) is 4.30. The molecule has 1 rings (SSSR count). The molecule has 0 unspecified atom stereocenters. The van der Waals surface area contributed by atoms with Gasteiger partial charge in [-0.2, -0.15) is 0 Å². The second-order valence-corrected chi connectivity index (χ2v) is 6.13. The molecule has 0 heterocycles. The van der Waals surface area contributed by atoms with Gasteiger partial charge in [0, 0.05) is 18.0 Å². The van der Waals surface area contributed by atoms with Crippen LogP contribution >= 0.6 is 0 Å². The average Bonchev–Trinajstić information content (AvgIpc) is 2.20. The molecule has 0 atom stereocenters. The molecule has 1 aliphatic rings. The molecule has 0 aliphatic heterocycles. The maximum Gasteiger partial charge on any atom is 0.223 e. The standard InChI is InChI=1S/C14H28N2O/c1-9(2)13(10(3)4)14(17)16-12-7-5-11(15)6-8-12/h9-13H,5-8,15H2,1-4H3,(H,16,17). The molecular weight excluding hydrogens is 212 g/mol. The number of hydrogen-bond acceptors (Lipinski definition) is 2. The van der Waals surface area contributed by atoms with Crippen LogP contribution in [0.25, 0.3) is 0 Å². The summed E-state index contributed by atoms with van der Waals surface area (Å²) >= 11 is 0. The van der Waals surface area contributed by atoms with Crippen LogP contribution in [-0.4, -0.2) is 18.0 Å². The number of rotatable bonds is 4. The number of nitrogens with one attached hydrogen (secondary N) is 1. The third-order valence-corrected chi connectivity index (χ3v) is 3.86. The molecule has 0 aromatic rings. The van der Waals surface area contributed by atoms with E-state index in [9.17, 15) is 4.79 Å². The Balaban J connectivity index is 2.47. The van der Waals surface area contributed by atoms with Gasteiger partial charge in [-0.1, -0.05) is 27.7 Å². The average molecular weight is 240 g/mol. The molecule has 1 amide bonds. The maximum atomic E-state index is 12.2. The van der Waals surface area contributed by atoms with Crippen molar-refractivity contribution in [2.45, 2.75) is 65.5 Å². The highest BCUT2D eigenvalue weighted by atomic mass is 16.2. The Morgan fingerprint density at radius 2 is 1.53 bits per heavy atom. The SMILES string of the molecule is CC(C)C(C(=O)NC1CCC(N)CC1)C(C)C. The molecule has 0 radical (unpaired) electrons. The molecule has 0 aromatic heterocycles. The summed E-state index contributed by atoms with van der Waals surface area (Å²) in [5, 5.41) is 3.21. The molecule has 3 heteroatoms. The van der Waals surface area contributed by atoms with Crippen molar-refractivity contribution >= 4 is 5.91 Å². The van der Waals surface area contributed by atoms with Crippen LogP contribution in [0.2, 0.25) is 0 Å². The lowest BCUT2D eigenvalue weighted by Crippen LogP contribution is -2.45. The number of carbonyl (C=O) groups excluding carboxylic acids is 1. The molecule has 1 saturated carbocycles. The second kappa shape index (κ2) is 6.39. The summed E-state index contributed by atoms with van der Waals surface area (Å²) in [6.07, 6.45) is 4.16. The van der Waals surface area contributed by atoms with Gasteiger partial charge >= 0.3 is 0 Å². The van der Waals surface area contributed by atoms with Crippen molar-refractivity contribution in [1.29, 1.82) is 0 Å². The summed E-state index contributed by atoms with van der Waals surface area (Å²) < 4.78 is 0. The molecule has 0 spiro atoms. The fourth-order valence-corrected chi connectivity index (χ4v) is 2.94. The molecule has 100 valence electrons. The van der Waals surface area contributed by atoms with Crippen LogP contribution in [-0.2, 0) is 4.79 Å². The number of hydrogen-bond donors (Lipinski definition) is 2. The van der Waals surface area contributed by atoms with Crippen molar-refractivity contribution in [1.82, 2.24) is 5.32 Å². The van der Waals surface area contributed by atoms with E-state index in [-0.39, 0.29) is 11.8 Å². The van der Waals surface area contributed by atoms with E-state index in [2.05, 4.69) is 33.0 Å². The summed E-state index contributed by atoms with van der Waals surface area (Å²) in [6.45, 7) is 8.50. The Bertz CT molecular complexity index is 235. The molecule has 3 N–H and O–H groups in total. The normalized spacial score (nSPS) is 25.6. The molecular formula is C14H28N2O. The van der Waals surface area contributed by atoms with E-state index in [1.165, 1.54) is 0 Å². The van der Waals surface area contributed by atoms with Gasteiger partial charge in [-0.05, 0) is 37.5 Å². The van der Waals surface area contributed by atoms with Crippen LogP contribution in [0.5, 0.6) is 0 Å². The Morgan fingerprint density at radius 1 is 1.06 bits per heavy atom. The summed E-state index contributed by atoms with van der Waals surface area (Å²) in [6, 6.07) is 0.691. The van der Waals surface area contributed by atoms with Crippen LogP contribution in [0.3, 0.4) is 0 Å². The van der Waals surface area contributed by atoms with Gasteiger partial charge in [0.1, 0.15) is 0 Å². The van der Waals surface area contributed by atoms with Crippen molar-refractivity contribution in [3.05, 3.63) is 0 Å². The first-order valence-electron chi connectivity index (χ1n) is 6.97. The lowest BCUT2D eigenvalue weighted by atomic mass is 9.84. The van der Waals surface area contributed by atoms with E-state index in [0.717, 1.165) is 25.7 Å². The highest BCUT2D eigenvalue weighted by molar-refractivity contribution is 5.79.